The number of hydrogen-bond acceptors (Lipinski definition) is 3. The van der Waals surface area contributed by atoms with Crippen molar-refractivity contribution in [1.29, 1.82) is 0 Å². The largest absolute Gasteiger partial charge is 0.463 e. The number of unbranched alkanes of at least 4 members (excludes halogenated alkanes) is 1. The highest BCUT2D eigenvalue weighted by Crippen LogP contribution is 2.43. The van der Waals surface area contributed by atoms with E-state index in [0.29, 0.717) is 0 Å². The van der Waals surface area contributed by atoms with E-state index in [4.69, 9.17) is 4.74 Å². The van der Waals surface area contributed by atoms with E-state index < -0.39 is 17.7 Å². The van der Waals surface area contributed by atoms with Crippen molar-refractivity contribution in [1.82, 2.24) is 0 Å². The van der Waals surface area contributed by atoms with Crippen molar-refractivity contribution in [3.63, 3.8) is 0 Å². The lowest BCUT2D eigenvalue weighted by Gasteiger charge is -2.32. The summed E-state index contributed by atoms with van der Waals surface area (Å²) in [5, 5.41) is 0. The van der Waals surface area contributed by atoms with Gasteiger partial charge >= 0.3 is 12.1 Å². The van der Waals surface area contributed by atoms with Crippen LogP contribution in [0.2, 0.25) is 0 Å². The Bertz CT molecular complexity index is 488. The summed E-state index contributed by atoms with van der Waals surface area (Å²) in [6.07, 6.45) is -2.22. The summed E-state index contributed by atoms with van der Waals surface area (Å²) in [5.41, 5.74) is -3.39. The first-order valence-corrected chi connectivity index (χ1v) is 7.64. The van der Waals surface area contributed by atoms with Gasteiger partial charge in [-0.15, -0.1) is 0 Å². The van der Waals surface area contributed by atoms with Gasteiger partial charge in [0.1, 0.15) is 0 Å². The van der Waals surface area contributed by atoms with Gasteiger partial charge in [-0.3, -0.25) is 0 Å². The van der Waals surface area contributed by atoms with Crippen LogP contribution >= 0.6 is 0 Å². The van der Waals surface area contributed by atoms with Crippen LogP contribution in [0.1, 0.15) is 38.7 Å². The number of carbonyl (C=O) groups excluding carboxylic acids is 1. The Balaban J connectivity index is 3.00. The molecule has 1 aromatic carbocycles. The molecule has 0 amide bonds. The predicted molar refractivity (Wildman–Crippen MR) is 80.8 cm³/mol. The van der Waals surface area contributed by atoms with E-state index in [1.807, 2.05) is 13.8 Å². The molecule has 1 aromatic rings. The molecule has 0 aromatic heterocycles. The molecule has 0 N–H and O–H groups in total. The normalized spacial score (nSPS) is 15.7. The lowest BCUT2D eigenvalue weighted by molar-refractivity contribution is -0.276. The summed E-state index contributed by atoms with van der Waals surface area (Å²) in [7, 11) is 0.863. The van der Waals surface area contributed by atoms with E-state index in [9.17, 15) is 18.0 Å². The van der Waals surface area contributed by atoms with Crippen molar-refractivity contribution in [3.05, 3.63) is 35.9 Å². The van der Waals surface area contributed by atoms with Crippen molar-refractivity contribution >= 4 is 5.97 Å². The fraction of sp³-hybridized carbons (Fsp3) is 0.588. The van der Waals surface area contributed by atoms with E-state index in [0.717, 1.165) is 26.4 Å². The number of hydrogen-bond donors (Lipinski definition) is 0. The minimum atomic E-state index is -4.92. The number of benzene rings is 1. The number of rotatable bonds is 8. The average molecular weight is 332 g/mol. The second kappa shape index (κ2) is 8.34. The summed E-state index contributed by atoms with van der Waals surface area (Å²) < 4.78 is 50.5. The van der Waals surface area contributed by atoms with Gasteiger partial charge in [0, 0.05) is 12.7 Å². The molecule has 6 heteroatoms. The van der Waals surface area contributed by atoms with Gasteiger partial charge in [0.15, 0.2) is 0 Å². The molecule has 0 fully saturated rings. The topological polar surface area (TPSA) is 35.5 Å². The predicted octanol–water partition coefficient (Wildman–Crippen LogP) is 4.46. The zero-order valence-electron chi connectivity index (χ0n) is 13.7. The first-order chi connectivity index (χ1) is 10.8. The second-order valence-corrected chi connectivity index (χ2v) is 5.59. The Hall–Kier alpha value is -1.56. The SMILES string of the molecule is CCCC[C@H](C)COC(=O)[C@@](OC)(c1ccccc1)C(F)(F)F. The molecule has 0 radical (unpaired) electrons. The molecular formula is C17H23F3O3. The van der Waals surface area contributed by atoms with Crippen LogP contribution in [0.5, 0.6) is 0 Å². The second-order valence-electron chi connectivity index (χ2n) is 5.59. The first-order valence-electron chi connectivity index (χ1n) is 7.64. The average Bonchev–Trinajstić information content (AvgIpc) is 2.51. The van der Waals surface area contributed by atoms with Gasteiger partial charge in [0.2, 0.25) is 0 Å². The molecule has 130 valence electrons. The van der Waals surface area contributed by atoms with Gasteiger partial charge in [0.25, 0.3) is 5.60 Å². The molecule has 3 nitrogen and oxygen atoms in total. The lowest BCUT2D eigenvalue weighted by Crippen LogP contribution is -2.52. The third-order valence-electron chi connectivity index (χ3n) is 3.72. The maximum Gasteiger partial charge on any atom is 0.432 e. The van der Waals surface area contributed by atoms with Crippen molar-refractivity contribution in [2.45, 2.75) is 44.9 Å². The number of ether oxygens (including phenoxy) is 2. The Morgan fingerprint density at radius 2 is 1.83 bits per heavy atom. The van der Waals surface area contributed by atoms with Gasteiger partial charge < -0.3 is 9.47 Å². The maximum atomic E-state index is 13.6. The summed E-state index contributed by atoms with van der Waals surface area (Å²) in [4.78, 5) is 12.3. The smallest absolute Gasteiger partial charge is 0.432 e. The molecule has 0 spiro atoms. The molecule has 0 saturated heterocycles. The highest BCUT2D eigenvalue weighted by atomic mass is 19.4. The van der Waals surface area contributed by atoms with Crippen molar-refractivity contribution in [2.24, 2.45) is 5.92 Å². The van der Waals surface area contributed by atoms with Crippen LogP contribution in [-0.4, -0.2) is 25.9 Å². The fourth-order valence-corrected chi connectivity index (χ4v) is 2.34. The van der Waals surface area contributed by atoms with Gasteiger partial charge in [-0.25, -0.2) is 4.79 Å². The van der Waals surface area contributed by atoms with E-state index in [1.165, 1.54) is 24.3 Å². The summed E-state index contributed by atoms with van der Waals surface area (Å²) >= 11 is 0. The molecule has 0 heterocycles. The van der Waals surface area contributed by atoms with E-state index in [1.54, 1.807) is 6.07 Å². The van der Waals surface area contributed by atoms with Crippen LogP contribution in [-0.2, 0) is 19.9 Å². The van der Waals surface area contributed by atoms with Crippen LogP contribution in [0.15, 0.2) is 30.3 Å². The summed E-state index contributed by atoms with van der Waals surface area (Å²) in [6.45, 7) is 3.80. The molecule has 0 bridgehead atoms. The minimum Gasteiger partial charge on any atom is -0.463 e. The molecule has 0 unspecified atom stereocenters. The molecule has 23 heavy (non-hydrogen) atoms. The fourth-order valence-electron chi connectivity index (χ4n) is 2.34. The van der Waals surface area contributed by atoms with E-state index in [2.05, 4.69) is 4.74 Å². The van der Waals surface area contributed by atoms with Gasteiger partial charge in [-0.2, -0.15) is 13.2 Å². The standard InChI is InChI=1S/C17H23F3O3/c1-4-5-9-13(2)12-23-15(21)16(22-3,17(18,19)20)14-10-7-6-8-11-14/h6-8,10-11,13H,4-5,9,12H2,1-3H3/t13-,16-/m0/s1. The molecule has 0 saturated carbocycles. The van der Waals surface area contributed by atoms with Crippen LogP contribution in [0.4, 0.5) is 13.2 Å². The zero-order valence-corrected chi connectivity index (χ0v) is 13.7. The Morgan fingerprint density at radius 1 is 1.22 bits per heavy atom. The highest BCUT2D eigenvalue weighted by molar-refractivity contribution is 5.82. The van der Waals surface area contributed by atoms with Crippen molar-refractivity contribution < 1.29 is 27.4 Å². The quantitative estimate of drug-likeness (QED) is 0.659. The van der Waals surface area contributed by atoms with Crippen molar-refractivity contribution in [3.8, 4) is 0 Å². The highest BCUT2D eigenvalue weighted by Gasteiger charge is 2.64. The minimum absolute atomic E-state index is 0.00235. The number of methoxy groups -OCH3 is 1. The van der Waals surface area contributed by atoms with Crippen LogP contribution < -0.4 is 0 Å². The number of halogens is 3. The van der Waals surface area contributed by atoms with Gasteiger partial charge in [0.05, 0.1) is 6.61 Å². The van der Waals surface area contributed by atoms with Gasteiger partial charge in [-0.05, 0) is 12.3 Å². The van der Waals surface area contributed by atoms with E-state index in [-0.39, 0.29) is 18.1 Å². The Labute approximate surface area is 134 Å². The zero-order chi connectivity index (χ0) is 17.5. The first kappa shape index (κ1) is 19.5. The van der Waals surface area contributed by atoms with Gasteiger partial charge in [-0.1, -0.05) is 57.0 Å². The van der Waals surface area contributed by atoms with Crippen LogP contribution in [0, 0.1) is 5.92 Å². The molecule has 2 atom stereocenters. The Morgan fingerprint density at radius 3 is 2.30 bits per heavy atom. The monoisotopic (exact) mass is 332 g/mol. The third kappa shape index (κ3) is 4.47. The van der Waals surface area contributed by atoms with Crippen LogP contribution in [0.3, 0.4) is 0 Å². The van der Waals surface area contributed by atoms with E-state index >= 15 is 0 Å². The summed E-state index contributed by atoms with van der Waals surface area (Å²) in [5.74, 6) is -1.43. The summed E-state index contributed by atoms with van der Waals surface area (Å²) in [6, 6.07) is 6.83. The molecule has 0 aliphatic heterocycles. The maximum absolute atomic E-state index is 13.6. The lowest BCUT2D eigenvalue weighted by atomic mass is 9.92. The molecule has 0 aliphatic carbocycles. The number of carbonyl (C=O) groups is 1. The number of alkyl halides is 3. The molecular weight excluding hydrogens is 309 g/mol. The van der Waals surface area contributed by atoms with Crippen molar-refractivity contribution in [2.75, 3.05) is 13.7 Å². The van der Waals surface area contributed by atoms with Crippen LogP contribution in [0.25, 0.3) is 0 Å². The molecule has 1 rings (SSSR count). The third-order valence-corrected chi connectivity index (χ3v) is 3.72. The molecule has 0 aliphatic rings. The Kier molecular flexibility index (Phi) is 7.06. The number of esters is 1.